The van der Waals surface area contributed by atoms with Gasteiger partial charge in [-0.2, -0.15) is 5.26 Å². The first-order chi connectivity index (χ1) is 10.5. The molecule has 4 heteroatoms. The third-order valence-electron chi connectivity index (χ3n) is 4.53. The molecule has 0 N–H and O–H groups in total. The molecule has 0 spiro atoms. The van der Waals surface area contributed by atoms with Crippen LogP contribution in [0.1, 0.15) is 44.6 Å². The fourth-order valence-corrected chi connectivity index (χ4v) is 3.02. The Balaban J connectivity index is 2.01. The predicted molar refractivity (Wildman–Crippen MR) is 83.5 cm³/mol. The number of rotatable bonds is 4. The summed E-state index contributed by atoms with van der Waals surface area (Å²) in [6, 6.07) is 8.73. The van der Waals surface area contributed by atoms with E-state index in [0.717, 1.165) is 18.4 Å². The first kappa shape index (κ1) is 16.5. The number of nitriles is 1. The van der Waals surface area contributed by atoms with Gasteiger partial charge in [-0.25, -0.2) is 4.39 Å². The summed E-state index contributed by atoms with van der Waals surface area (Å²) in [5, 5.41) is 8.92. The third-order valence-corrected chi connectivity index (χ3v) is 4.53. The molecule has 1 aromatic carbocycles. The van der Waals surface area contributed by atoms with Crippen molar-refractivity contribution < 1.29 is 9.18 Å². The lowest BCUT2D eigenvalue weighted by atomic mass is 9.85. The molecule has 0 aromatic heterocycles. The van der Waals surface area contributed by atoms with Crippen molar-refractivity contribution in [1.29, 1.82) is 5.26 Å². The number of halogens is 1. The zero-order valence-electron chi connectivity index (χ0n) is 13.3. The van der Waals surface area contributed by atoms with Crippen molar-refractivity contribution in [1.82, 2.24) is 4.90 Å². The van der Waals surface area contributed by atoms with E-state index in [1.165, 1.54) is 12.1 Å². The molecule has 3 nitrogen and oxygen atoms in total. The van der Waals surface area contributed by atoms with E-state index in [2.05, 4.69) is 19.9 Å². The lowest BCUT2D eigenvalue weighted by Crippen LogP contribution is -2.39. The van der Waals surface area contributed by atoms with E-state index in [9.17, 15) is 9.18 Å². The van der Waals surface area contributed by atoms with Crippen LogP contribution in [0.15, 0.2) is 24.3 Å². The summed E-state index contributed by atoms with van der Waals surface area (Å²) in [5.74, 6) is 0.380. The van der Waals surface area contributed by atoms with Gasteiger partial charge in [0.1, 0.15) is 5.82 Å². The van der Waals surface area contributed by atoms with Gasteiger partial charge in [0, 0.05) is 25.4 Å². The molecule has 1 atom stereocenters. The minimum atomic E-state index is -0.254. The quantitative estimate of drug-likeness (QED) is 0.851. The highest BCUT2D eigenvalue weighted by atomic mass is 19.1. The van der Waals surface area contributed by atoms with Crippen LogP contribution in [0.4, 0.5) is 4.39 Å². The molecular formula is C18H23FN2O. The molecule has 0 aliphatic carbocycles. The lowest BCUT2D eigenvalue weighted by molar-refractivity contribution is -0.133. The van der Waals surface area contributed by atoms with Crippen LogP contribution in [0.5, 0.6) is 0 Å². The van der Waals surface area contributed by atoms with Crippen molar-refractivity contribution >= 4 is 5.91 Å². The zero-order valence-corrected chi connectivity index (χ0v) is 13.3. The maximum absolute atomic E-state index is 13.1. The monoisotopic (exact) mass is 302 g/mol. The Morgan fingerprint density at radius 2 is 1.91 bits per heavy atom. The van der Waals surface area contributed by atoms with Gasteiger partial charge in [-0.1, -0.05) is 26.0 Å². The number of likely N-dealkylation sites (tertiary alicyclic amines) is 1. The lowest BCUT2D eigenvalue weighted by Gasteiger charge is -2.31. The van der Waals surface area contributed by atoms with Gasteiger partial charge < -0.3 is 4.90 Å². The van der Waals surface area contributed by atoms with Gasteiger partial charge in [0.05, 0.1) is 6.07 Å². The summed E-state index contributed by atoms with van der Waals surface area (Å²) in [6.45, 7) is 5.52. The number of piperidine rings is 1. The van der Waals surface area contributed by atoms with E-state index in [1.807, 2.05) is 4.90 Å². The molecule has 22 heavy (non-hydrogen) atoms. The second-order valence-electron chi connectivity index (χ2n) is 6.39. The standard InChI is InChI=1S/C18H23FN2O/c1-13(2)17(15-3-5-16(19)6-4-15)11-18(22)21-9-7-14(12-20)8-10-21/h3-6,13-14,17H,7-11H2,1-2H3. The molecule has 118 valence electrons. The van der Waals surface area contributed by atoms with Crippen LogP contribution in [0.3, 0.4) is 0 Å². The summed E-state index contributed by atoms with van der Waals surface area (Å²) in [7, 11) is 0. The predicted octanol–water partition coefficient (Wildman–Crippen LogP) is 3.72. The highest BCUT2D eigenvalue weighted by molar-refractivity contribution is 5.77. The van der Waals surface area contributed by atoms with Gasteiger partial charge in [-0.15, -0.1) is 0 Å². The molecule has 1 saturated heterocycles. The number of carbonyl (C=O) groups excluding carboxylic acids is 1. The summed E-state index contributed by atoms with van der Waals surface area (Å²) in [5.41, 5.74) is 1.01. The molecule has 1 fully saturated rings. The number of hydrogen-bond acceptors (Lipinski definition) is 2. The summed E-state index contributed by atoms with van der Waals surface area (Å²) in [6.07, 6.45) is 1.98. The molecule has 1 amide bonds. The Hall–Kier alpha value is -1.89. The molecular weight excluding hydrogens is 279 g/mol. The van der Waals surface area contributed by atoms with Crippen LogP contribution in [-0.2, 0) is 4.79 Å². The van der Waals surface area contributed by atoms with E-state index in [1.54, 1.807) is 12.1 Å². The fraction of sp³-hybridized carbons (Fsp3) is 0.556. The maximum atomic E-state index is 13.1. The minimum Gasteiger partial charge on any atom is -0.343 e. The van der Waals surface area contributed by atoms with Crippen LogP contribution >= 0.6 is 0 Å². The van der Waals surface area contributed by atoms with Gasteiger partial charge in [0.2, 0.25) is 5.91 Å². The van der Waals surface area contributed by atoms with Crippen LogP contribution in [0.25, 0.3) is 0 Å². The molecule has 1 aliphatic rings. The average molecular weight is 302 g/mol. The first-order valence-electron chi connectivity index (χ1n) is 7.94. The topological polar surface area (TPSA) is 44.1 Å². The Morgan fingerprint density at radius 3 is 2.41 bits per heavy atom. The van der Waals surface area contributed by atoms with E-state index >= 15 is 0 Å². The number of benzene rings is 1. The van der Waals surface area contributed by atoms with Crippen LogP contribution in [0.2, 0.25) is 0 Å². The van der Waals surface area contributed by atoms with E-state index in [0.29, 0.717) is 25.4 Å². The highest BCUT2D eigenvalue weighted by Gasteiger charge is 2.26. The summed E-state index contributed by atoms with van der Waals surface area (Å²) >= 11 is 0. The molecule has 0 saturated carbocycles. The first-order valence-corrected chi connectivity index (χ1v) is 7.94. The molecule has 1 aromatic rings. The van der Waals surface area contributed by atoms with Gasteiger partial charge in [-0.05, 0) is 42.4 Å². The van der Waals surface area contributed by atoms with Crippen LogP contribution < -0.4 is 0 Å². The van der Waals surface area contributed by atoms with Crippen molar-refractivity contribution in [2.75, 3.05) is 13.1 Å². The molecule has 0 radical (unpaired) electrons. The second-order valence-corrected chi connectivity index (χ2v) is 6.39. The Morgan fingerprint density at radius 1 is 1.32 bits per heavy atom. The van der Waals surface area contributed by atoms with Crippen LogP contribution in [0, 0.1) is 29.0 Å². The fourth-order valence-electron chi connectivity index (χ4n) is 3.02. The number of nitrogens with zero attached hydrogens (tertiary/aromatic N) is 2. The van der Waals surface area contributed by atoms with Gasteiger partial charge >= 0.3 is 0 Å². The van der Waals surface area contributed by atoms with Crippen molar-refractivity contribution in [3.05, 3.63) is 35.6 Å². The normalized spacial score (nSPS) is 17.3. The van der Waals surface area contributed by atoms with Gasteiger partial charge in [0.25, 0.3) is 0 Å². The SMILES string of the molecule is CC(C)C(CC(=O)N1CCC(C#N)CC1)c1ccc(F)cc1. The number of hydrogen-bond donors (Lipinski definition) is 0. The smallest absolute Gasteiger partial charge is 0.223 e. The van der Waals surface area contributed by atoms with Crippen LogP contribution in [-0.4, -0.2) is 23.9 Å². The van der Waals surface area contributed by atoms with Gasteiger partial charge in [-0.3, -0.25) is 4.79 Å². The van der Waals surface area contributed by atoms with E-state index in [4.69, 9.17) is 5.26 Å². The summed E-state index contributed by atoms with van der Waals surface area (Å²) in [4.78, 5) is 14.4. The number of carbonyl (C=O) groups is 1. The van der Waals surface area contributed by atoms with E-state index in [-0.39, 0.29) is 23.6 Å². The zero-order chi connectivity index (χ0) is 16.1. The molecule has 1 heterocycles. The minimum absolute atomic E-state index is 0.0852. The average Bonchev–Trinajstić information content (AvgIpc) is 2.53. The Kier molecular flexibility index (Phi) is 5.54. The van der Waals surface area contributed by atoms with E-state index < -0.39 is 0 Å². The highest BCUT2D eigenvalue weighted by Crippen LogP contribution is 2.29. The number of amides is 1. The Bertz CT molecular complexity index is 539. The van der Waals surface area contributed by atoms with Crippen molar-refractivity contribution in [3.63, 3.8) is 0 Å². The third kappa shape index (κ3) is 4.07. The van der Waals surface area contributed by atoms with Crippen molar-refractivity contribution in [2.24, 2.45) is 11.8 Å². The molecule has 2 rings (SSSR count). The second kappa shape index (κ2) is 7.40. The van der Waals surface area contributed by atoms with Crippen molar-refractivity contribution in [2.45, 2.75) is 39.0 Å². The Labute approximate surface area is 131 Å². The molecule has 1 aliphatic heterocycles. The van der Waals surface area contributed by atoms with Gasteiger partial charge in [0.15, 0.2) is 0 Å². The molecule has 1 unspecified atom stereocenters. The largest absolute Gasteiger partial charge is 0.343 e. The molecule has 0 bridgehead atoms. The summed E-state index contributed by atoms with van der Waals surface area (Å²) < 4.78 is 13.1. The maximum Gasteiger partial charge on any atom is 0.223 e. The van der Waals surface area contributed by atoms with Crippen molar-refractivity contribution in [3.8, 4) is 6.07 Å².